The van der Waals surface area contributed by atoms with Crippen LogP contribution in [0.15, 0.2) is 0 Å². The predicted molar refractivity (Wildman–Crippen MR) is 78.9 cm³/mol. The first-order valence-electron chi connectivity index (χ1n) is 7.41. The molecule has 0 atom stereocenters. The molecule has 0 radical (unpaired) electrons. The van der Waals surface area contributed by atoms with Crippen molar-refractivity contribution in [3.63, 3.8) is 0 Å². The molecule has 0 bridgehead atoms. The highest BCUT2D eigenvalue weighted by atomic mass is 15.3. The van der Waals surface area contributed by atoms with Crippen LogP contribution in [0.2, 0.25) is 0 Å². The molecule has 0 aromatic heterocycles. The molecule has 0 saturated carbocycles. The van der Waals surface area contributed by atoms with Crippen LogP contribution in [0.5, 0.6) is 0 Å². The highest BCUT2D eigenvalue weighted by molar-refractivity contribution is 4.74. The molecule has 1 fully saturated rings. The van der Waals surface area contributed by atoms with Crippen molar-refractivity contribution in [2.24, 2.45) is 5.73 Å². The largest absolute Gasteiger partial charge is 0.330 e. The lowest BCUT2D eigenvalue weighted by Crippen LogP contribution is -2.47. The van der Waals surface area contributed by atoms with Crippen LogP contribution in [0.4, 0.5) is 0 Å². The fourth-order valence-corrected chi connectivity index (χ4v) is 2.32. The number of hydrogen-bond acceptors (Lipinski definition) is 4. The van der Waals surface area contributed by atoms with Crippen molar-refractivity contribution in [2.45, 2.75) is 39.2 Å². The van der Waals surface area contributed by atoms with Crippen molar-refractivity contribution in [1.29, 1.82) is 0 Å². The zero-order valence-corrected chi connectivity index (χ0v) is 12.5. The number of nitrogens with one attached hydrogen (secondary N) is 1. The molecule has 1 saturated heterocycles. The average molecular weight is 256 g/mol. The van der Waals surface area contributed by atoms with Gasteiger partial charge in [-0.1, -0.05) is 0 Å². The molecule has 0 unspecified atom stereocenters. The Morgan fingerprint density at radius 3 is 1.89 bits per heavy atom. The van der Waals surface area contributed by atoms with Crippen LogP contribution in [-0.4, -0.2) is 67.7 Å². The van der Waals surface area contributed by atoms with Gasteiger partial charge in [0.05, 0.1) is 0 Å². The lowest BCUT2D eigenvalue weighted by atomic mass is 10.1. The molecule has 0 amide bonds. The normalized spacial score (nSPS) is 19.3. The van der Waals surface area contributed by atoms with Crippen LogP contribution in [-0.2, 0) is 0 Å². The smallest absolute Gasteiger partial charge is 0.0110 e. The molecule has 4 nitrogen and oxygen atoms in total. The van der Waals surface area contributed by atoms with E-state index in [1.165, 1.54) is 45.7 Å². The minimum Gasteiger partial charge on any atom is -0.330 e. The Morgan fingerprint density at radius 2 is 1.44 bits per heavy atom. The molecular weight excluding hydrogens is 224 g/mol. The standard InChI is InChI=1S/C14H32N4/c1-14(2,3)16-7-5-9-18-12-10-17(11-13-18)8-4-6-15/h16H,4-13,15H2,1-3H3. The zero-order chi connectivity index (χ0) is 13.4. The van der Waals surface area contributed by atoms with Gasteiger partial charge in [0.15, 0.2) is 0 Å². The summed E-state index contributed by atoms with van der Waals surface area (Å²) in [5.41, 5.74) is 5.80. The van der Waals surface area contributed by atoms with Gasteiger partial charge >= 0.3 is 0 Å². The Kier molecular flexibility index (Phi) is 7.15. The second kappa shape index (κ2) is 8.10. The second-order valence-electron chi connectivity index (χ2n) is 6.36. The van der Waals surface area contributed by atoms with Crippen molar-refractivity contribution in [3.8, 4) is 0 Å². The molecule has 1 aliphatic heterocycles. The minimum atomic E-state index is 0.251. The Morgan fingerprint density at radius 1 is 0.944 bits per heavy atom. The summed E-state index contributed by atoms with van der Waals surface area (Å²) in [5.74, 6) is 0. The van der Waals surface area contributed by atoms with Gasteiger partial charge in [0.25, 0.3) is 0 Å². The topological polar surface area (TPSA) is 44.5 Å². The first kappa shape index (κ1) is 15.9. The Labute approximate surface area is 113 Å². The van der Waals surface area contributed by atoms with Gasteiger partial charge in [0, 0.05) is 31.7 Å². The summed E-state index contributed by atoms with van der Waals surface area (Å²) in [5, 5.41) is 3.55. The number of nitrogens with two attached hydrogens (primary N) is 1. The quantitative estimate of drug-likeness (QED) is 0.659. The van der Waals surface area contributed by atoms with Crippen LogP contribution >= 0.6 is 0 Å². The third-order valence-electron chi connectivity index (χ3n) is 3.45. The van der Waals surface area contributed by atoms with E-state index in [0.29, 0.717) is 0 Å². The molecular formula is C14H32N4. The van der Waals surface area contributed by atoms with E-state index in [-0.39, 0.29) is 5.54 Å². The van der Waals surface area contributed by atoms with Gasteiger partial charge in [-0.05, 0) is 59.8 Å². The lowest BCUT2D eigenvalue weighted by molar-refractivity contribution is 0.130. The van der Waals surface area contributed by atoms with Gasteiger partial charge in [-0.15, -0.1) is 0 Å². The average Bonchev–Trinajstić information content (AvgIpc) is 2.32. The molecule has 1 heterocycles. The van der Waals surface area contributed by atoms with Crippen molar-refractivity contribution in [3.05, 3.63) is 0 Å². The highest BCUT2D eigenvalue weighted by Gasteiger charge is 2.16. The lowest BCUT2D eigenvalue weighted by Gasteiger charge is -2.34. The van der Waals surface area contributed by atoms with E-state index in [9.17, 15) is 0 Å². The summed E-state index contributed by atoms with van der Waals surface area (Å²) in [6.45, 7) is 15.9. The van der Waals surface area contributed by atoms with E-state index in [0.717, 1.165) is 19.5 Å². The van der Waals surface area contributed by atoms with Crippen LogP contribution in [0.3, 0.4) is 0 Å². The highest BCUT2D eigenvalue weighted by Crippen LogP contribution is 2.03. The van der Waals surface area contributed by atoms with E-state index in [1.807, 2.05) is 0 Å². The van der Waals surface area contributed by atoms with Crippen LogP contribution < -0.4 is 11.1 Å². The monoisotopic (exact) mass is 256 g/mol. The molecule has 1 rings (SSSR count). The second-order valence-corrected chi connectivity index (χ2v) is 6.36. The molecule has 0 spiro atoms. The predicted octanol–water partition coefficient (Wildman–Crippen LogP) is 0.731. The Balaban J connectivity index is 2.02. The van der Waals surface area contributed by atoms with Gasteiger partial charge in [0.1, 0.15) is 0 Å². The first-order valence-corrected chi connectivity index (χ1v) is 7.41. The number of piperazine rings is 1. The third kappa shape index (κ3) is 7.31. The molecule has 18 heavy (non-hydrogen) atoms. The van der Waals surface area contributed by atoms with Crippen molar-refractivity contribution < 1.29 is 0 Å². The number of hydrogen-bond donors (Lipinski definition) is 2. The third-order valence-corrected chi connectivity index (χ3v) is 3.45. The first-order chi connectivity index (χ1) is 8.51. The summed E-state index contributed by atoms with van der Waals surface area (Å²) < 4.78 is 0. The van der Waals surface area contributed by atoms with Crippen LogP contribution in [0, 0.1) is 0 Å². The van der Waals surface area contributed by atoms with Gasteiger partial charge in [-0.2, -0.15) is 0 Å². The summed E-state index contributed by atoms with van der Waals surface area (Å²) in [6, 6.07) is 0. The van der Waals surface area contributed by atoms with Crippen molar-refractivity contribution >= 4 is 0 Å². The maximum Gasteiger partial charge on any atom is 0.0110 e. The number of rotatable bonds is 7. The zero-order valence-electron chi connectivity index (χ0n) is 12.5. The van der Waals surface area contributed by atoms with Gasteiger partial charge in [-0.25, -0.2) is 0 Å². The van der Waals surface area contributed by atoms with E-state index >= 15 is 0 Å². The fourth-order valence-electron chi connectivity index (χ4n) is 2.32. The fraction of sp³-hybridized carbons (Fsp3) is 1.00. The summed E-state index contributed by atoms with van der Waals surface area (Å²) >= 11 is 0. The van der Waals surface area contributed by atoms with Crippen LogP contribution in [0.1, 0.15) is 33.6 Å². The number of nitrogens with zero attached hydrogens (tertiary/aromatic N) is 2. The maximum atomic E-state index is 5.55. The van der Waals surface area contributed by atoms with E-state index in [4.69, 9.17) is 5.73 Å². The maximum absolute atomic E-state index is 5.55. The summed E-state index contributed by atoms with van der Waals surface area (Å²) in [6.07, 6.45) is 2.38. The molecule has 108 valence electrons. The Hall–Kier alpha value is -0.160. The summed E-state index contributed by atoms with van der Waals surface area (Å²) in [4.78, 5) is 5.13. The van der Waals surface area contributed by atoms with E-state index < -0.39 is 0 Å². The summed E-state index contributed by atoms with van der Waals surface area (Å²) in [7, 11) is 0. The Bertz CT molecular complexity index is 204. The molecule has 3 N–H and O–H groups in total. The van der Waals surface area contributed by atoms with Crippen molar-refractivity contribution in [2.75, 3.05) is 52.4 Å². The van der Waals surface area contributed by atoms with E-state index in [2.05, 4.69) is 35.9 Å². The molecule has 0 aliphatic carbocycles. The molecule has 4 heteroatoms. The molecule has 1 aliphatic rings. The minimum absolute atomic E-state index is 0.251. The van der Waals surface area contributed by atoms with Gasteiger partial charge in [-0.3, -0.25) is 0 Å². The molecule has 0 aromatic carbocycles. The molecule has 0 aromatic rings. The van der Waals surface area contributed by atoms with Gasteiger partial charge < -0.3 is 20.9 Å². The van der Waals surface area contributed by atoms with Crippen LogP contribution in [0.25, 0.3) is 0 Å². The van der Waals surface area contributed by atoms with E-state index in [1.54, 1.807) is 0 Å². The SMILES string of the molecule is CC(C)(C)NCCCN1CCN(CCCN)CC1. The van der Waals surface area contributed by atoms with Crippen molar-refractivity contribution in [1.82, 2.24) is 15.1 Å². The van der Waals surface area contributed by atoms with Gasteiger partial charge in [0.2, 0.25) is 0 Å².